The van der Waals surface area contributed by atoms with Gasteiger partial charge in [0.2, 0.25) is 0 Å². The molecule has 2 fully saturated rings. The van der Waals surface area contributed by atoms with Crippen LogP contribution >= 0.6 is 12.6 Å². The molecule has 1 aliphatic heterocycles. The largest absolute Gasteiger partial charge is 0.475 e. The fraction of sp³-hybridized carbons (Fsp3) is 0.720. The monoisotopic (exact) mass is 433 g/mol. The van der Waals surface area contributed by atoms with Crippen molar-refractivity contribution >= 4 is 18.4 Å². The van der Waals surface area contributed by atoms with Crippen molar-refractivity contribution < 1.29 is 14.3 Å². The van der Waals surface area contributed by atoms with E-state index in [1.807, 2.05) is 32.9 Å². The predicted molar refractivity (Wildman–Crippen MR) is 126 cm³/mol. The van der Waals surface area contributed by atoms with Gasteiger partial charge in [-0.15, -0.1) is 12.6 Å². The smallest absolute Gasteiger partial charge is 0.172 e. The normalized spacial score (nSPS) is 27.1. The maximum absolute atomic E-state index is 12.4. The summed E-state index contributed by atoms with van der Waals surface area (Å²) in [5.41, 5.74) is 1.95. The minimum Gasteiger partial charge on any atom is -0.475 e. The summed E-state index contributed by atoms with van der Waals surface area (Å²) >= 11 is 4.66. The Kier molecular flexibility index (Phi) is 7.57. The molecule has 1 aromatic rings. The molecule has 3 rings (SSSR count). The fourth-order valence-corrected chi connectivity index (χ4v) is 4.78. The van der Waals surface area contributed by atoms with Crippen LogP contribution in [0.25, 0.3) is 0 Å². The summed E-state index contributed by atoms with van der Waals surface area (Å²) in [4.78, 5) is 14.3. The van der Waals surface area contributed by atoms with E-state index in [4.69, 9.17) is 9.47 Å². The van der Waals surface area contributed by atoms with Crippen LogP contribution in [0.1, 0.15) is 82.6 Å². The number of nitrogens with zero attached hydrogens (tertiary/aromatic N) is 1. The van der Waals surface area contributed by atoms with Gasteiger partial charge in [-0.1, -0.05) is 6.92 Å². The third kappa shape index (κ3) is 6.02. The second kappa shape index (κ2) is 9.62. The van der Waals surface area contributed by atoms with E-state index < -0.39 is 4.93 Å². The van der Waals surface area contributed by atoms with Crippen molar-refractivity contribution in [1.29, 1.82) is 0 Å². The first-order valence-corrected chi connectivity index (χ1v) is 11.9. The Balaban J connectivity index is 1.80. The molecule has 2 aliphatic rings. The zero-order valence-corrected chi connectivity index (χ0v) is 20.4. The average Bonchev–Trinajstić information content (AvgIpc) is 3.48. The van der Waals surface area contributed by atoms with E-state index in [0.29, 0.717) is 24.5 Å². The minimum atomic E-state index is -0.730. The van der Waals surface area contributed by atoms with Crippen LogP contribution in [0.5, 0.6) is 5.75 Å². The van der Waals surface area contributed by atoms with Crippen LogP contribution < -0.4 is 4.74 Å². The summed E-state index contributed by atoms with van der Waals surface area (Å²) in [6.45, 7) is 15.0. The van der Waals surface area contributed by atoms with Gasteiger partial charge in [0.15, 0.2) is 10.7 Å². The zero-order chi connectivity index (χ0) is 22.1. The molecule has 168 valence electrons. The third-order valence-electron chi connectivity index (χ3n) is 6.71. The van der Waals surface area contributed by atoms with Crippen LogP contribution in [0.2, 0.25) is 0 Å². The van der Waals surface area contributed by atoms with Crippen LogP contribution in [-0.4, -0.2) is 47.5 Å². The molecular weight excluding hydrogens is 394 g/mol. The molecule has 1 saturated heterocycles. The maximum Gasteiger partial charge on any atom is 0.172 e. The number of carbonyl (C=O) groups is 1. The van der Waals surface area contributed by atoms with Crippen molar-refractivity contribution in [1.82, 2.24) is 4.90 Å². The molecular formula is C25H39NO3S. The van der Waals surface area contributed by atoms with Gasteiger partial charge in [-0.3, -0.25) is 4.79 Å². The lowest BCUT2D eigenvalue weighted by Crippen LogP contribution is -2.46. The molecule has 1 saturated carbocycles. The molecule has 5 heteroatoms. The van der Waals surface area contributed by atoms with E-state index >= 15 is 0 Å². The lowest BCUT2D eigenvalue weighted by Gasteiger charge is -2.43. The van der Waals surface area contributed by atoms with E-state index in [-0.39, 0.29) is 11.9 Å². The molecule has 30 heavy (non-hydrogen) atoms. The summed E-state index contributed by atoms with van der Waals surface area (Å²) in [7, 11) is 0. The molecule has 0 amide bonds. The molecule has 0 N–H and O–H groups in total. The van der Waals surface area contributed by atoms with Crippen molar-refractivity contribution in [3.8, 4) is 5.75 Å². The summed E-state index contributed by atoms with van der Waals surface area (Å²) < 4.78 is 11.9. The SMILES string of the molecule is CC(=O)c1ccc(OC(C)(S)COC(C)C)cc1C1CCN(CC2CC2)C(C)[C@@H]1C. The van der Waals surface area contributed by atoms with Gasteiger partial charge < -0.3 is 14.4 Å². The molecule has 4 nitrogen and oxygen atoms in total. The number of Topliss-reactive ketones (excluding diaryl/α,β-unsaturated/α-hetero) is 1. The maximum atomic E-state index is 12.4. The van der Waals surface area contributed by atoms with Gasteiger partial charge in [0.05, 0.1) is 12.7 Å². The number of rotatable bonds is 9. The highest BCUT2D eigenvalue weighted by molar-refractivity contribution is 7.81. The molecule has 3 unspecified atom stereocenters. The number of ketones is 1. The standard InChI is InChI=1S/C25H39NO3S/c1-16(2)28-15-25(6,30)29-21-9-10-23(19(5)27)24(13-21)22-11-12-26(14-20-7-8-20)18(4)17(22)3/h9-10,13,16-18,20,22,30H,7-8,11-12,14-15H2,1-6H3/t17-,18?,22?,25?/m0/s1. The number of piperidine rings is 1. The Labute approximate surface area is 188 Å². The molecule has 0 aromatic heterocycles. The molecule has 1 aromatic carbocycles. The molecule has 0 radical (unpaired) electrons. The Hall–Kier alpha value is -1.04. The third-order valence-corrected chi connectivity index (χ3v) is 6.93. The molecule has 4 atom stereocenters. The first-order valence-electron chi connectivity index (χ1n) is 11.5. The van der Waals surface area contributed by atoms with E-state index in [0.717, 1.165) is 35.8 Å². The number of ether oxygens (including phenoxy) is 2. The predicted octanol–water partition coefficient (Wildman–Crippen LogP) is 5.56. The lowest BCUT2D eigenvalue weighted by molar-refractivity contribution is 0.00886. The summed E-state index contributed by atoms with van der Waals surface area (Å²) in [5.74, 6) is 2.61. The Morgan fingerprint density at radius 3 is 2.57 bits per heavy atom. The second-order valence-corrected chi connectivity index (χ2v) is 10.8. The van der Waals surface area contributed by atoms with Crippen LogP contribution in [0.15, 0.2) is 18.2 Å². The van der Waals surface area contributed by atoms with Gasteiger partial charge in [0.25, 0.3) is 0 Å². The lowest BCUT2D eigenvalue weighted by atomic mass is 9.75. The molecule has 1 aliphatic carbocycles. The van der Waals surface area contributed by atoms with Crippen molar-refractivity contribution in [2.45, 2.75) is 83.8 Å². The fourth-order valence-electron chi connectivity index (χ4n) is 4.60. The highest BCUT2D eigenvalue weighted by atomic mass is 32.1. The van der Waals surface area contributed by atoms with Crippen LogP contribution in [0.3, 0.4) is 0 Å². The van der Waals surface area contributed by atoms with E-state index in [1.165, 1.54) is 19.4 Å². The summed E-state index contributed by atoms with van der Waals surface area (Å²) in [6.07, 6.45) is 3.98. The average molecular weight is 434 g/mol. The van der Waals surface area contributed by atoms with Crippen LogP contribution in [0.4, 0.5) is 0 Å². The number of hydrogen-bond donors (Lipinski definition) is 1. The number of benzene rings is 1. The molecule has 1 heterocycles. The van der Waals surface area contributed by atoms with E-state index in [1.54, 1.807) is 6.92 Å². The van der Waals surface area contributed by atoms with Gasteiger partial charge in [-0.25, -0.2) is 0 Å². The van der Waals surface area contributed by atoms with Gasteiger partial charge in [0.1, 0.15) is 5.75 Å². The van der Waals surface area contributed by atoms with Gasteiger partial charge in [0, 0.05) is 18.2 Å². The van der Waals surface area contributed by atoms with Gasteiger partial charge >= 0.3 is 0 Å². The highest BCUT2D eigenvalue weighted by Crippen LogP contribution is 2.41. The molecule has 0 spiro atoms. The minimum absolute atomic E-state index is 0.119. The van der Waals surface area contributed by atoms with Crippen molar-refractivity contribution in [3.63, 3.8) is 0 Å². The van der Waals surface area contributed by atoms with Gasteiger partial charge in [-0.05, 0) is 102 Å². The van der Waals surface area contributed by atoms with Crippen LogP contribution in [-0.2, 0) is 4.74 Å². The summed E-state index contributed by atoms with van der Waals surface area (Å²) in [5, 5.41) is 0. The van der Waals surface area contributed by atoms with E-state index in [9.17, 15) is 4.79 Å². The quantitative estimate of drug-likeness (QED) is 0.314. The Morgan fingerprint density at radius 2 is 1.97 bits per heavy atom. The summed E-state index contributed by atoms with van der Waals surface area (Å²) in [6, 6.07) is 6.41. The molecule has 0 bridgehead atoms. The zero-order valence-electron chi connectivity index (χ0n) is 19.5. The first kappa shape index (κ1) is 23.6. The van der Waals surface area contributed by atoms with Crippen molar-refractivity contribution in [3.05, 3.63) is 29.3 Å². The Morgan fingerprint density at radius 1 is 1.27 bits per heavy atom. The van der Waals surface area contributed by atoms with Crippen molar-refractivity contribution in [2.75, 3.05) is 19.7 Å². The Bertz CT molecular complexity index is 744. The number of thiol groups is 1. The van der Waals surface area contributed by atoms with Gasteiger partial charge in [-0.2, -0.15) is 0 Å². The first-order chi connectivity index (χ1) is 14.1. The highest BCUT2D eigenvalue weighted by Gasteiger charge is 2.37. The number of carbonyl (C=O) groups excluding carboxylic acids is 1. The number of likely N-dealkylation sites (tertiary alicyclic amines) is 1. The number of hydrogen-bond acceptors (Lipinski definition) is 5. The van der Waals surface area contributed by atoms with Crippen LogP contribution in [0, 0.1) is 11.8 Å². The topological polar surface area (TPSA) is 38.8 Å². The second-order valence-electron chi connectivity index (χ2n) is 9.88. The van der Waals surface area contributed by atoms with E-state index in [2.05, 4.69) is 37.4 Å². The van der Waals surface area contributed by atoms with Crippen molar-refractivity contribution in [2.24, 2.45) is 11.8 Å².